The van der Waals surface area contributed by atoms with Gasteiger partial charge in [-0.15, -0.1) is 0 Å². The van der Waals surface area contributed by atoms with E-state index in [2.05, 4.69) is 5.32 Å². The molecule has 0 aliphatic carbocycles. The van der Waals surface area contributed by atoms with E-state index in [9.17, 15) is 18.4 Å². The first kappa shape index (κ1) is 18.0. The maximum atomic E-state index is 14.6. The number of nitrogens with one attached hydrogen (secondary N) is 1. The average Bonchev–Trinajstić information content (AvgIpc) is 2.54. The Hall–Kier alpha value is -1.82. The molecule has 0 radical (unpaired) electrons. The van der Waals surface area contributed by atoms with Crippen LogP contribution in [0, 0.1) is 0 Å². The second-order valence-electron chi connectivity index (χ2n) is 7.34. The molecule has 1 aromatic rings. The number of amides is 2. The van der Waals surface area contributed by atoms with E-state index in [1.165, 1.54) is 0 Å². The predicted molar refractivity (Wildman–Crippen MR) is 90.6 cm³/mol. The van der Waals surface area contributed by atoms with E-state index in [0.29, 0.717) is 31.4 Å². The number of rotatable bonds is 3. The first-order chi connectivity index (χ1) is 11.8. The Balaban J connectivity index is 1.74. The molecule has 2 aliphatic rings. The van der Waals surface area contributed by atoms with Crippen LogP contribution in [0.4, 0.5) is 8.78 Å². The van der Waals surface area contributed by atoms with Gasteiger partial charge >= 0.3 is 0 Å². The number of hydrogen-bond donors (Lipinski definition) is 1. The number of benzene rings is 1. The van der Waals surface area contributed by atoms with Crippen molar-refractivity contribution >= 4 is 11.8 Å². The van der Waals surface area contributed by atoms with Crippen molar-refractivity contribution in [1.29, 1.82) is 0 Å². The monoisotopic (exact) mass is 350 g/mol. The first-order valence-corrected chi connectivity index (χ1v) is 8.83. The van der Waals surface area contributed by atoms with Crippen molar-refractivity contribution in [3.8, 4) is 0 Å². The predicted octanol–water partition coefficient (Wildman–Crippen LogP) is 3.04. The molecule has 0 aromatic heterocycles. The van der Waals surface area contributed by atoms with Crippen LogP contribution in [0.2, 0.25) is 0 Å². The molecule has 0 saturated carbocycles. The molecular formula is C19H24F2N2O2. The third-order valence-electron chi connectivity index (χ3n) is 5.34. The van der Waals surface area contributed by atoms with E-state index < -0.39 is 11.8 Å². The van der Waals surface area contributed by atoms with Crippen LogP contribution in [0.15, 0.2) is 24.3 Å². The van der Waals surface area contributed by atoms with Crippen LogP contribution in [0.3, 0.4) is 0 Å². The second-order valence-corrected chi connectivity index (χ2v) is 7.34. The van der Waals surface area contributed by atoms with Crippen LogP contribution < -0.4 is 5.32 Å². The average molecular weight is 350 g/mol. The summed E-state index contributed by atoms with van der Waals surface area (Å²) in [4.78, 5) is 25.0. The highest BCUT2D eigenvalue weighted by Crippen LogP contribution is 2.41. The minimum absolute atomic E-state index is 0.113. The van der Waals surface area contributed by atoms with Gasteiger partial charge in [-0.3, -0.25) is 19.8 Å². The quantitative estimate of drug-likeness (QED) is 0.853. The van der Waals surface area contributed by atoms with Crippen molar-refractivity contribution in [2.24, 2.45) is 0 Å². The lowest BCUT2D eigenvalue weighted by Gasteiger charge is -2.40. The van der Waals surface area contributed by atoms with Crippen LogP contribution in [0.25, 0.3) is 0 Å². The molecule has 0 bridgehead atoms. The van der Waals surface area contributed by atoms with E-state index in [-0.39, 0.29) is 30.3 Å². The second kappa shape index (κ2) is 6.83. The molecule has 136 valence electrons. The number of likely N-dealkylation sites (tertiary alicyclic amines) is 1. The lowest BCUT2D eigenvalue weighted by Crippen LogP contribution is -2.49. The van der Waals surface area contributed by atoms with Gasteiger partial charge in [0.05, 0.1) is 18.4 Å². The van der Waals surface area contributed by atoms with Gasteiger partial charge in [0.1, 0.15) is 0 Å². The molecule has 4 nitrogen and oxygen atoms in total. The number of nitrogens with zero attached hydrogens (tertiary/aromatic N) is 1. The molecule has 2 amide bonds. The van der Waals surface area contributed by atoms with E-state index in [1.807, 2.05) is 18.7 Å². The topological polar surface area (TPSA) is 49.4 Å². The number of piperidine rings is 2. The number of carbonyl (C=O) groups is 2. The molecule has 2 heterocycles. The Bertz CT molecular complexity index is 658. The molecule has 3 rings (SSSR count). The number of alkyl halides is 2. The summed E-state index contributed by atoms with van der Waals surface area (Å²) in [6.45, 7) is 4.31. The van der Waals surface area contributed by atoms with Crippen molar-refractivity contribution in [2.75, 3.05) is 13.1 Å². The zero-order chi connectivity index (χ0) is 18.2. The van der Waals surface area contributed by atoms with Crippen LogP contribution in [0.5, 0.6) is 0 Å². The Kier molecular flexibility index (Phi) is 4.91. The van der Waals surface area contributed by atoms with Gasteiger partial charge < -0.3 is 0 Å². The molecular weight excluding hydrogens is 326 g/mol. The van der Waals surface area contributed by atoms with E-state index >= 15 is 0 Å². The van der Waals surface area contributed by atoms with Crippen molar-refractivity contribution in [2.45, 2.75) is 56.9 Å². The molecule has 2 saturated heterocycles. The summed E-state index contributed by atoms with van der Waals surface area (Å²) in [5, 5.41) is 2.33. The highest BCUT2D eigenvalue weighted by atomic mass is 19.3. The van der Waals surface area contributed by atoms with Crippen molar-refractivity contribution < 1.29 is 18.4 Å². The highest BCUT2D eigenvalue weighted by Gasteiger charge is 2.45. The molecule has 2 fully saturated rings. The molecule has 25 heavy (non-hydrogen) atoms. The summed E-state index contributed by atoms with van der Waals surface area (Å²) in [5.41, 5.74) is 1.39. The fourth-order valence-electron chi connectivity index (χ4n) is 3.79. The number of carbonyl (C=O) groups excluding carboxylic acids is 2. The smallest absolute Gasteiger partial charge is 0.267 e. The molecule has 1 aromatic carbocycles. The van der Waals surface area contributed by atoms with Crippen LogP contribution in [0.1, 0.15) is 56.1 Å². The van der Waals surface area contributed by atoms with Gasteiger partial charge in [-0.25, -0.2) is 8.78 Å². The largest absolute Gasteiger partial charge is 0.296 e. The molecule has 6 heteroatoms. The zero-order valence-corrected chi connectivity index (χ0v) is 14.6. The summed E-state index contributed by atoms with van der Waals surface area (Å²) < 4.78 is 29.2. The molecule has 2 atom stereocenters. The first-order valence-electron chi connectivity index (χ1n) is 8.83. The van der Waals surface area contributed by atoms with Crippen LogP contribution >= 0.6 is 0 Å². The third-order valence-corrected chi connectivity index (χ3v) is 5.34. The van der Waals surface area contributed by atoms with Gasteiger partial charge in [0.2, 0.25) is 11.8 Å². The van der Waals surface area contributed by atoms with Gasteiger partial charge in [0.25, 0.3) is 5.92 Å². The SMILES string of the molecule is CC(C)N1CCC(c2ccc(C3CCC(=O)NC3=O)cc2)C(F)(F)C1. The lowest BCUT2D eigenvalue weighted by atomic mass is 9.83. The zero-order valence-electron chi connectivity index (χ0n) is 14.6. The summed E-state index contributed by atoms with van der Waals surface area (Å²) >= 11 is 0. The fourth-order valence-corrected chi connectivity index (χ4v) is 3.79. The minimum Gasteiger partial charge on any atom is -0.296 e. The van der Waals surface area contributed by atoms with Crippen molar-refractivity contribution in [3.63, 3.8) is 0 Å². The van der Waals surface area contributed by atoms with Gasteiger partial charge in [-0.05, 0) is 44.4 Å². The standard InChI is InChI=1S/C19H24F2N2O2/c1-12(2)23-10-9-16(19(20,21)11-23)14-5-3-13(4-6-14)15-7-8-17(24)22-18(15)25/h3-6,12,15-16H,7-11H2,1-2H3,(H,22,24,25). The summed E-state index contributed by atoms with van der Waals surface area (Å²) in [6.07, 6.45) is 1.19. The summed E-state index contributed by atoms with van der Waals surface area (Å²) in [7, 11) is 0. The Morgan fingerprint density at radius 1 is 1.12 bits per heavy atom. The summed E-state index contributed by atoms with van der Waals surface area (Å²) in [6, 6.07) is 7.04. The molecule has 2 aliphatic heterocycles. The van der Waals surface area contributed by atoms with Crippen LogP contribution in [-0.4, -0.2) is 41.8 Å². The Morgan fingerprint density at radius 3 is 2.32 bits per heavy atom. The summed E-state index contributed by atoms with van der Waals surface area (Å²) in [5.74, 6) is -4.50. The number of hydrogen-bond acceptors (Lipinski definition) is 3. The Labute approximate surface area is 146 Å². The maximum Gasteiger partial charge on any atom is 0.267 e. The van der Waals surface area contributed by atoms with Gasteiger partial charge in [-0.1, -0.05) is 24.3 Å². The third kappa shape index (κ3) is 3.73. The molecule has 2 unspecified atom stereocenters. The van der Waals surface area contributed by atoms with Gasteiger partial charge in [0.15, 0.2) is 0 Å². The fraction of sp³-hybridized carbons (Fsp3) is 0.579. The van der Waals surface area contributed by atoms with E-state index in [0.717, 1.165) is 5.56 Å². The van der Waals surface area contributed by atoms with Crippen LogP contribution in [-0.2, 0) is 9.59 Å². The van der Waals surface area contributed by atoms with Crippen molar-refractivity contribution in [3.05, 3.63) is 35.4 Å². The van der Waals surface area contributed by atoms with Crippen molar-refractivity contribution in [1.82, 2.24) is 10.2 Å². The lowest BCUT2D eigenvalue weighted by molar-refractivity contribution is -0.134. The van der Waals surface area contributed by atoms with Gasteiger partial charge in [-0.2, -0.15) is 0 Å². The highest BCUT2D eigenvalue weighted by molar-refractivity contribution is 6.00. The normalized spacial score (nSPS) is 27.4. The molecule has 1 N–H and O–H groups in total. The van der Waals surface area contributed by atoms with E-state index in [1.54, 1.807) is 24.3 Å². The number of halogens is 2. The number of imide groups is 1. The maximum absolute atomic E-state index is 14.6. The Morgan fingerprint density at radius 2 is 1.76 bits per heavy atom. The minimum atomic E-state index is -2.77. The molecule has 0 spiro atoms. The van der Waals surface area contributed by atoms with Gasteiger partial charge in [0, 0.05) is 12.5 Å². The van der Waals surface area contributed by atoms with E-state index in [4.69, 9.17) is 0 Å².